The summed E-state index contributed by atoms with van der Waals surface area (Å²) in [5, 5.41) is 8.37. The molecule has 0 aliphatic carbocycles. The first-order valence-corrected chi connectivity index (χ1v) is 8.63. The van der Waals surface area contributed by atoms with E-state index in [1.165, 1.54) is 0 Å². The monoisotopic (exact) mass is 387 g/mol. The molecule has 0 bridgehead atoms. The molecule has 3 aromatic rings. The van der Waals surface area contributed by atoms with Gasteiger partial charge in [-0.25, -0.2) is 4.68 Å². The minimum atomic E-state index is -0.418. The van der Waals surface area contributed by atoms with Crippen molar-refractivity contribution >= 4 is 34.0 Å². The fourth-order valence-corrected chi connectivity index (χ4v) is 2.78. The van der Waals surface area contributed by atoms with Gasteiger partial charge < -0.3 is 14.8 Å². The van der Waals surface area contributed by atoms with Crippen molar-refractivity contribution in [2.45, 2.75) is 6.54 Å². The number of ether oxygens (including phenoxy) is 2. The molecular formula is C19H18ClN3O4. The molecule has 1 amide bonds. The lowest BCUT2D eigenvalue weighted by Crippen LogP contribution is -2.29. The quantitative estimate of drug-likeness (QED) is 0.630. The van der Waals surface area contributed by atoms with Crippen LogP contribution in [0.25, 0.3) is 10.8 Å². The second-order valence-electron chi connectivity index (χ2n) is 5.70. The van der Waals surface area contributed by atoms with E-state index in [9.17, 15) is 9.59 Å². The number of nitrogens with zero attached hydrogens (tertiary/aromatic N) is 2. The van der Waals surface area contributed by atoms with E-state index >= 15 is 0 Å². The molecule has 0 saturated heterocycles. The van der Waals surface area contributed by atoms with Crippen LogP contribution in [0.1, 0.15) is 0 Å². The molecule has 0 unspecified atom stereocenters. The van der Waals surface area contributed by atoms with E-state index in [1.54, 1.807) is 49.7 Å². The highest BCUT2D eigenvalue weighted by molar-refractivity contribution is 6.32. The molecule has 0 fully saturated rings. The fraction of sp³-hybridized carbons (Fsp3) is 0.211. The summed E-state index contributed by atoms with van der Waals surface area (Å²) in [5.41, 5.74) is 0.0864. The zero-order chi connectivity index (χ0) is 19.2. The average Bonchev–Trinajstić information content (AvgIpc) is 2.66. The first-order valence-electron chi connectivity index (χ1n) is 8.25. The minimum absolute atomic E-state index is 0.228. The van der Waals surface area contributed by atoms with Gasteiger partial charge >= 0.3 is 0 Å². The van der Waals surface area contributed by atoms with Crippen LogP contribution in [-0.2, 0) is 16.1 Å². The number of carbonyl (C=O) groups is 1. The van der Waals surface area contributed by atoms with Gasteiger partial charge in [0.25, 0.3) is 5.56 Å². The van der Waals surface area contributed by atoms with Gasteiger partial charge in [-0.05, 0) is 18.2 Å². The van der Waals surface area contributed by atoms with Gasteiger partial charge in [-0.1, -0.05) is 35.9 Å². The third-order valence-corrected chi connectivity index (χ3v) is 4.13. The molecule has 7 nitrogen and oxygen atoms in total. The molecule has 1 N–H and O–H groups in total. The molecule has 27 heavy (non-hydrogen) atoms. The summed E-state index contributed by atoms with van der Waals surface area (Å²) < 4.78 is 11.7. The van der Waals surface area contributed by atoms with E-state index in [-0.39, 0.29) is 18.7 Å². The van der Waals surface area contributed by atoms with Crippen molar-refractivity contribution in [3.63, 3.8) is 0 Å². The zero-order valence-electron chi connectivity index (χ0n) is 14.6. The van der Waals surface area contributed by atoms with Gasteiger partial charge in [0.2, 0.25) is 5.91 Å². The molecule has 0 aliphatic heterocycles. The highest BCUT2D eigenvalue weighted by atomic mass is 35.5. The van der Waals surface area contributed by atoms with Crippen LogP contribution in [0.3, 0.4) is 0 Å². The number of methoxy groups -OCH3 is 1. The Morgan fingerprint density at radius 3 is 2.81 bits per heavy atom. The van der Waals surface area contributed by atoms with Crippen LogP contribution in [0.5, 0.6) is 5.75 Å². The Hall–Kier alpha value is -2.90. The van der Waals surface area contributed by atoms with Crippen LogP contribution in [0, 0.1) is 0 Å². The third-order valence-electron chi connectivity index (χ3n) is 3.83. The Morgan fingerprint density at radius 2 is 2.00 bits per heavy atom. The van der Waals surface area contributed by atoms with Crippen molar-refractivity contribution in [1.82, 2.24) is 9.78 Å². The Balaban J connectivity index is 1.78. The standard InChI is InChI=1S/C19H18ClN3O4/c1-26-9-10-27-18-15(20)7-4-8-16(18)22-17(24)12-23-19(25)14-6-3-2-5-13(14)11-21-23/h2-8,11H,9-10,12H2,1H3,(H,22,24). The molecule has 2 aromatic carbocycles. The molecule has 1 heterocycles. The van der Waals surface area contributed by atoms with Crippen LogP contribution < -0.4 is 15.6 Å². The maximum Gasteiger partial charge on any atom is 0.275 e. The number of hydrogen-bond acceptors (Lipinski definition) is 5. The van der Waals surface area contributed by atoms with Crippen molar-refractivity contribution in [3.05, 3.63) is 64.0 Å². The van der Waals surface area contributed by atoms with Crippen molar-refractivity contribution in [1.29, 1.82) is 0 Å². The van der Waals surface area contributed by atoms with Gasteiger partial charge in [0, 0.05) is 12.5 Å². The zero-order valence-corrected chi connectivity index (χ0v) is 15.4. The first-order chi connectivity index (χ1) is 13.1. The summed E-state index contributed by atoms with van der Waals surface area (Å²) in [6.45, 7) is 0.442. The number of nitrogens with one attached hydrogen (secondary N) is 1. The van der Waals surface area contributed by atoms with E-state index in [4.69, 9.17) is 21.1 Å². The molecule has 0 saturated carbocycles. The van der Waals surface area contributed by atoms with Gasteiger partial charge in [0.05, 0.1) is 28.9 Å². The van der Waals surface area contributed by atoms with Gasteiger partial charge in [0.1, 0.15) is 13.2 Å². The molecular weight excluding hydrogens is 370 g/mol. The molecule has 1 aromatic heterocycles. The third kappa shape index (κ3) is 4.45. The minimum Gasteiger partial charge on any atom is -0.487 e. The Kier molecular flexibility index (Phi) is 6.05. The van der Waals surface area contributed by atoms with Crippen molar-refractivity contribution in [3.8, 4) is 5.75 Å². The summed E-state index contributed by atoms with van der Waals surface area (Å²) in [7, 11) is 1.56. The lowest BCUT2D eigenvalue weighted by atomic mass is 10.2. The van der Waals surface area contributed by atoms with Gasteiger partial charge in [-0.15, -0.1) is 0 Å². The first kappa shape index (κ1) is 18.9. The number of amides is 1. The topological polar surface area (TPSA) is 82.4 Å². The highest BCUT2D eigenvalue weighted by Gasteiger charge is 2.13. The number of para-hydroxylation sites is 1. The number of aromatic nitrogens is 2. The van der Waals surface area contributed by atoms with E-state index in [1.807, 2.05) is 6.07 Å². The maximum atomic E-state index is 12.5. The van der Waals surface area contributed by atoms with Crippen LogP contribution in [0.4, 0.5) is 5.69 Å². The number of fused-ring (bicyclic) bond motifs is 1. The van der Waals surface area contributed by atoms with Gasteiger partial charge in [-0.2, -0.15) is 5.10 Å². The maximum absolute atomic E-state index is 12.5. The van der Waals surface area contributed by atoms with Gasteiger partial charge in [0.15, 0.2) is 5.75 Å². The van der Waals surface area contributed by atoms with Crippen LogP contribution >= 0.6 is 11.6 Å². The average molecular weight is 388 g/mol. The van der Waals surface area contributed by atoms with E-state index in [0.29, 0.717) is 28.5 Å². The molecule has 0 aliphatic rings. The summed E-state index contributed by atoms with van der Waals surface area (Å²) in [6.07, 6.45) is 1.56. The number of anilines is 1. The fourth-order valence-electron chi connectivity index (χ4n) is 2.55. The van der Waals surface area contributed by atoms with Crippen LogP contribution in [0.15, 0.2) is 53.5 Å². The molecule has 0 atom stereocenters. The van der Waals surface area contributed by atoms with Crippen LogP contribution in [-0.4, -0.2) is 36.0 Å². The van der Waals surface area contributed by atoms with Crippen LogP contribution in [0.2, 0.25) is 5.02 Å². The SMILES string of the molecule is COCCOc1c(Cl)cccc1NC(=O)Cn1ncc2ccccc2c1=O. The molecule has 140 valence electrons. The molecule has 0 radical (unpaired) electrons. The van der Waals surface area contributed by atoms with E-state index in [0.717, 1.165) is 10.1 Å². The highest BCUT2D eigenvalue weighted by Crippen LogP contribution is 2.32. The Bertz CT molecular complexity index is 1020. The Morgan fingerprint density at radius 1 is 1.19 bits per heavy atom. The Labute approximate surface area is 160 Å². The summed E-state index contributed by atoms with van der Waals surface area (Å²) >= 11 is 6.16. The van der Waals surface area contributed by atoms with Crippen molar-refractivity contribution in [2.24, 2.45) is 0 Å². The van der Waals surface area contributed by atoms with Crippen molar-refractivity contribution < 1.29 is 14.3 Å². The lowest BCUT2D eigenvalue weighted by Gasteiger charge is -2.14. The molecule has 8 heteroatoms. The smallest absolute Gasteiger partial charge is 0.275 e. The summed E-state index contributed by atoms with van der Waals surface area (Å²) in [5.74, 6) is -0.0675. The number of carbonyl (C=O) groups excluding carboxylic acids is 1. The predicted octanol–water partition coefficient (Wildman–Crippen LogP) is 2.71. The molecule has 0 spiro atoms. The number of halogens is 1. The largest absolute Gasteiger partial charge is 0.487 e. The lowest BCUT2D eigenvalue weighted by molar-refractivity contribution is -0.117. The predicted molar refractivity (Wildman–Crippen MR) is 103 cm³/mol. The molecule has 3 rings (SSSR count). The summed E-state index contributed by atoms with van der Waals surface area (Å²) in [4.78, 5) is 24.9. The van der Waals surface area contributed by atoms with E-state index in [2.05, 4.69) is 10.4 Å². The summed E-state index contributed by atoms with van der Waals surface area (Å²) in [6, 6.07) is 12.1. The second-order valence-corrected chi connectivity index (χ2v) is 6.11. The van der Waals surface area contributed by atoms with Crippen molar-refractivity contribution in [2.75, 3.05) is 25.6 Å². The van der Waals surface area contributed by atoms with Gasteiger partial charge in [-0.3, -0.25) is 9.59 Å². The second kappa shape index (κ2) is 8.66. The van der Waals surface area contributed by atoms with E-state index < -0.39 is 5.91 Å². The normalized spacial score (nSPS) is 10.7. The number of rotatable bonds is 7. The number of hydrogen-bond donors (Lipinski definition) is 1. The number of benzene rings is 2.